The highest BCUT2D eigenvalue weighted by Gasteiger charge is 2.37. The van der Waals surface area contributed by atoms with E-state index in [1.165, 1.54) is 0 Å². The van der Waals surface area contributed by atoms with Crippen molar-refractivity contribution in [3.63, 3.8) is 0 Å². The summed E-state index contributed by atoms with van der Waals surface area (Å²) < 4.78 is 19.3. The molecule has 2 aromatic rings. The third-order valence-corrected chi connectivity index (χ3v) is 8.33. The van der Waals surface area contributed by atoms with Crippen molar-refractivity contribution in [2.75, 3.05) is 12.8 Å². The number of hydrogen-bond acceptors (Lipinski definition) is 4. The fraction of sp³-hybridized carbons (Fsp3) is 0.417. The third-order valence-electron chi connectivity index (χ3n) is 5.46. The molecule has 0 fully saturated rings. The van der Waals surface area contributed by atoms with Crippen LogP contribution in [-0.2, 0) is 14.1 Å². The van der Waals surface area contributed by atoms with E-state index in [-0.39, 0.29) is 18.1 Å². The number of benzene rings is 2. The Morgan fingerprint density at radius 2 is 1.62 bits per heavy atom. The topological polar surface area (TPSA) is 60.4 Å². The first-order valence-corrected chi connectivity index (χ1v) is 12.0. The molecule has 0 N–H and O–H groups in total. The number of ether oxygens (including phenoxy) is 1. The van der Waals surface area contributed by atoms with Gasteiger partial charge in [0.1, 0.15) is 0 Å². The zero-order valence-electron chi connectivity index (χ0n) is 18.1. The molecule has 0 aliphatic carbocycles. The first-order valence-electron chi connectivity index (χ1n) is 10.1. The number of aryl methyl sites for hydroxylation is 2. The molecule has 0 bridgehead atoms. The minimum Gasteiger partial charge on any atom is -0.466 e. The van der Waals surface area contributed by atoms with Crippen LogP contribution in [0.15, 0.2) is 36.4 Å². The van der Waals surface area contributed by atoms with Crippen molar-refractivity contribution in [2.24, 2.45) is 0 Å². The van der Waals surface area contributed by atoms with Crippen LogP contribution in [0.2, 0.25) is 0 Å². The maximum atomic E-state index is 14.1. The second-order valence-electron chi connectivity index (χ2n) is 7.56. The van der Waals surface area contributed by atoms with E-state index in [4.69, 9.17) is 4.74 Å². The normalized spacial score (nSPS) is 13.0. The van der Waals surface area contributed by atoms with E-state index in [2.05, 4.69) is 0 Å². The molecule has 4 nitrogen and oxygen atoms in total. The molecule has 0 saturated carbocycles. The van der Waals surface area contributed by atoms with Crippen LogP contribution in [0.5, 0.6) is 0 Å². The molecule has 156 valence electrons. The molecule has 2 rings (SSSR count). The van der Waals surface area contributed by atoms with Crippen molar-refractivity contribution in [1.29, 1.82) is 0 Å². The van der Waals surface area contributed by atoms with Crippen molar-refractivity contribution in [3.8, 4) is 0 Å². The van der Waals surface area contributed by atoms with Crippen LogP contribution in [0.3, 0.4) is 0 Å². The first kappa shape index (κ1) is 23.1. The Labute approximate surface area is 174 Å². The fourth-order valence-corrected chi connectivity index (χ4v) is 6.01. The van der Waals surface area contributed by atoms with E-state index in [1.807, 2.05) is 46.8 Å². The quantitative estimate of drug-likeness (QED) is 0.310. The molecule has 29 heavy (non-hydrogen) atoms. The number of unbranched alkanes of at least 4 members (excludes halogenated alkanes) is 1. The molecule has 0 heterocycles. The first-order chi connectivity index (χ1) is 13.7. The van der Waals surface area contributed by atoms with Gasteiger partial charge in [0, 0.05) is 17.0 Å². The summed E-state index contributed by atoms with van der Waals surface area (Å²) in [5.74, 6) is -0.407. The van der Waals surface area contributed by atoms with Gasteiger partial charge in [-0.1, -0.05) is 49.7 Å². The Hall–Kier alpha value is -2.19. The molecular formula is C24H31O4P. The second-order valence-corrected chi connectivity index (χ2v) is 10.4. The highest BCUT2D eigenvalue weighted by Crippen LogP contribution is 2.49. The van der Waals surface area contributed by atoms with Crippen LogP contribution in [-0.4, -0.2) is 24.3 Å². The van der Waals surface area contributed by atoms with Gasteiger partial charge in [0.2, 0.25) is 5.52 Å². The van der Waals surface area contributed by atoms with E-state index >= 15 is 0 Å². The van der Waals surface area contributed by atoms with Crippen LogP contribution >= 0.6 is 7.14 Å². The highest BCUT2D eigenvalue weighted by molar-refractivity contribution is 7.87. The summed E-state index contributed by atoms with van der Waals surface area (Å²) in [5.41, 5.74) is 3.94. The number of carbonyl (C=O) groups is 2. The summed E-state index contributed by atoms with van der Waals surface area (Å²) in [4.78, 5) is 25.8. The Kier molecular flexibility index (Phi) is 7.98. The van der Waals surface area contributed by atoms with Crippen molar-refractivity contribution >= 4 is 23.9 Å². The molecule has 0 radical (unpaired) electrons. The molecule has 0 saturated heterocycles. The van der Waals surface area contributed by atoms with E-state index in [9.17, 15) is 14.2 Å². The number of carbonyl (C=O) groups excluding carboxylic acids is 2. The van der Waals surface area contributed by atoms with Gasteiger partial charge in [-0.05, 0) is 56.4 Å². The van der Waals surface area contributed by atoms with Crippen LogP contribution in [0.1, 0.15) is 58.8 Å². The Morgan fingerprint density at radius 3 is 2.24 bits per heavy atom. The van der Waals surface area contributed by atoms with Gasteiger partial charge in [0.15, 0.2) is 7.14 Å². The Morgan fingerprint density at radius 1 is 0.966 bits per heavy atom. The minimum absolute atomic E-state index is 0.0212. The maximum Gasteiger partial charge on any atom is 0.306 e. The minimum atomic E-state index is -3.51. The fourth-order valence-electron chi connectivity index (χ4n) is 3.46. The third kappa shape index (κ3) is 5.25. The summed E-state index contributed by atoms with van der Waals surface area (Å²) in [6, 6.07) is 10.8. The summed E-state index contributed by atoms with van der Waals surface area (Å²) in [6.45, 7) is 10.1. The van der Waals surface area contributed by atoms with Crippen molar-refractivity contribution in [1.82, 2.24) is 0 Å². The zero-order valence-corrected chi connectivity index (χ0v) is 19.0. The molecule has 0 aromatic heterocycles. The number of rotatable bonds is 9. The van der Waals surface area contributed by atoms with E-state index in [1.54, 1.807) is 24.3 Å². The lowest BCUT2D eigenvalue weighted by molar-refractivity contribution is -0.143. The summed E-state index contributed by atoms with van der Waals surface area (Å²) in [5, 5.41) is 0.489. The van der Waals surface area contributed by atoms with Gasteiger partial charge >= 0.3 is 5.97 Å². The molecule has 0 amide bonds. The molecule has 0 spiro atoms. The van der Waals surface area contributed by atoms with Crippen LogP contribution in [0.25, 0.3) is 0 Å². The second kappa shape index (κ2) is 10.0. The molecule has 2 aromatic carbocycles. The molecule has 5 heteroatoms. The molecule has 0 aliphatic heterocycles. The lowest BCUT2D eigenvalue weighted by atomic mass is 9.95. The van der Waals surface area contributed by atoms with Gasteiger partial charge in [0.05, 0.1) is 13.0 Å². The predicted octanol–water partition coefficient (Wildman–Crippen LogP) is 5.48. The van der Waals surface area contributed by atoms with E-state index in [0.717, 1.165) is 35.1 Å². The standard InChI is InChI=1S/C24H31O4P/c1-6-7-14-28-22(25)13-15-29(27,21-11-9-8-10-12-21)24(26)23-18(3)16-17(2)19(4)20(23)5/h8-12,16H,6-7,13-15H2,1-5H3. The average molecular weight is 414 g/mol. The van der Waals surface area contributed by atoms with Gasteiger partial charge in [-0.25, -0.2) is 0 Å². The van der Waals surface area contributed by atoms with Crippen LogP contribution < -0.4 is 5.30 Å². The lowest BCUT2D eigenvalue weighted by Gasteiger charge is -2.21. The smallest absolute Gasteiger partial charge is 0.306 e. The van der Waals surface area contributed by atoms with Gasteiger partial charge < -0.3 is 9.30 Å². The highest BCUT2D eigenvalue weighted by atomic mass is 31.2. The maximum absolute atomic E-state index is 14.1. The molecule has 0 aliphatic rings. The number of esters is 1. The van der Waals surface area contributed by atoms with Gasteiger partial charge in [0.25, 0.3) is 0 Å². The van der Waals surface area contributed by atoms with Crippen LogP contribution in [0.4, 0.5) is 0 Å². The molecular weight excluding hydrogens is 383 g/mol. The van der Waals surface area contributed by atoms with Gasteiger partial charge in [-0.3, -0.25) is 9.59 Å². The number of hydrogen-bond donors (Lipinski definition) is 0. The van der Waals surface area contributed by atoms with Crippen molar-refractivity contribution in [3.05, 3.63) is 64.2 Å². The predicted molar refractivity (Wildman–Crippen MR) is 119 cm³/mol. The monoisotopic (exact) mass is 414 g/mol. The van der Waals surface area contributed by atoms with Crippen molar-refractivity contribution in [2.45, 2.75) is 53.9 Å². The average Bonchev–Trinajstić information content (AvgIpc) is 2.71. The summed E-state index contributed by atoms with van der Waals surface area (Å²) in [6.07, 6.45) is 1.67. The molecule has 1 atom stereocenters. The van der Waals surface area contributed by atoms with Crippen LogP contribution in [0, 0.1) is 27.7 Å². The lowest BCUT2D eigenvalue weighted by Crippen LogP contribution is -2.20. The zero-order chi connectivity index (χ0) is 21.6. The SMILES string of the molecule is CCCCOC(=O)CCP(=O)(C(=O)c1c(C)cc(C)c(C)c1C)c1ccccc1. The van der Waals surface area contributed by atoms with Crippen molar-refractivity contribution < 1.29 is 18.9 Å². The van der Waals surface area contributed by atoms with E-state index < -0.39 is 13.1 Å². The summed E-state index contributed by atoms with van der Waals surface area (Å²) in [7, 11) is -3.51. The Bertz CT molecular complexity index is 932. The largest absolute Gasteiger partial charge is 0.466 e. The Balaban J connectivity index is 2.42. The van der Waals surface area contributed by atoms with Gasteiger partial charge in [-0.15, -0.1) is 0 Å². The summed E-state index contributed by atoms with van der Waals surface area (Å²) >= 11 is 0. The van der Waals surface area contributed by atoms with E-state index in [0.29, 0.717) is 17.5 Å². The van der Waals surface area contributed by atoms with Gasteiger partial charge in [-0.2, -0.15) is 0 Å². The molecule has 1 unspecified atom stereocenters.